The van der Waals surface area contributed by atoms with Crippen LogP contribution in [0.1, 0.15) is 19.4 Å². The van der Waals surface area contributed by atoms with Crippen LogP contribution in [0.3, 0.4) is 0 Å². The summed E-state index contributed by atoms with van der Waals surface area (Å²) in [6.07, 6.45) is 0. The second-order valence-corrected chi connectivity index (χ2v) is 5.40. The highest BCUT2D eigenvalue weighted by molar-refractivity contribution is 6.30. The van der Waals surface area contributed by atoms with Gasteiger partial charge in [0.2, 0.25) is 0 Å². The lowest BCUT2D eigenvalue weighted by molar-refractivity contribution is -0.123. The van der Waals surface area contributed by atoms with Crippen molar-refractivity contribution in [2.45, 2.75) is 26.3 Å². The van der Waals surface area contributed by atoms with Crippen molar-refractivity contribution < 1.29 is 9.53 Å². The molecule has 0 saturated carbocycles. The summed E-state index contributed by atoms with van der Waals surface area (Å²) in [5.74, 6) is 0.462. The molecule has 1 aromatic rings. The normalized spacial score (nSPS) is 11.2. The summed E-state index contributed by atoms with van der Waals surface area (Å²) in [7, 11) is 0. The second-order valence-electron chi connectivity index (χ2n) is 4.96. The molecular weight excluding hydrogens is 252 g/mol. The Bertz CT molecular complexity index is 427. The van der Waals surface area contributed by atoms with Gasteiger partial charge in [-0.05, 0) is 44.5 Å². The van der Waals surface area contributed by atoms with Gasteiger partial charge in [-0.15, -0.1) is 0 Å². The zero-order valence-electron chi connectivity index (χ0n) is 10.9. The average Bonchev–Trinajstić information content (AvgIpc) is 2.24. The van der Waals surface area contributed by atoms with Gasteiger partial charge in [-0.25, -0.2) is 0 Å². The fourth-order valence-corrected chi connectivity index (χ4v) is 1.52. The first-order valence-electron chi connectivity index (χ1n) is 5.72. The van der Waals surface area contributed by atoms with E-state index in [-0.39, 0.29) is 12.5 Å². The zero-order valence-corrected chi connectivity index (χ0v) is 11.7. The number of halogens is 1. The maximum absolute atomic E-state index is 11.5. The summed E-state index contributed by atoms with van der Waals surface area (Å²) in [4.78, 5) is 11.5. The van der Waals surface area contributed by atoms with Crippen LogP contribution in [0.15, 0.2) is 18.2 Å². The van der Waals surface area contributed by atoms with E-state index in [0.29, 0.717) is 17.3 Å². The van der Waals surface area contributed by atoms with Gasteiger partial charge in [0.25, 0.3) is 5.91 Å². The molecule has 3 N–H and O–H groups in total. The first-order valence-corrected chi connectivity index (χ1v) is 6.10. The number of nitrogens with two attached hydrogens (primary N) is 1. The molecule has 0 bridgehead atoms. The van der Waals surface area contributed by atoms with E-state index in [1.165, 1.54) is 0 Å². The van der Waals surface area contributed by atoms with Crippen LogP contribution in [0.2, 0.25) is 5.02 Å². The van der Waals surface area contributed by atoms with Crippen LogP contribution >= 0.6 is 11.6 Å². The molecule has 0 saturated heterocycles. The van der Waals surface area contributed by atoms with Gasteiger partial charge in [0, 0.05) is 17.1 Å². The predicted octanol–water partition coefficient (Wildman–Crippen LogP) is 1.88. The van der Waals surface area contributed by atoms with E-state index < -0.39 is 5.54 Å². The molecule has 100 valence electrons. The quantitative estimate of drug-likeness (QED) is 0.859. The maximum atomic E-state index is 11.5. The molecule has 0 spiro atoms. The monoisotopic (exact) mass is 270 g/mol. The number of aryl methyl sites for hydroxylation is 1. The molecule has 5 heteroatoms. The number of rotatable bonds is 5. The summed E-state index contributed by atoms with van der Waals surface area (Å²) in [6, 6.07) is 5.26. The van der Waals surface area contributed by atoms with Crippen LogP contribution in [0.25, 0.3) is 0 Å². The molecule has 0 heterocycles. The third-order valence-electron chi connectivity index (χ3n) is 2.24. The van der Waals surface area contributed by atoms with Gasteiger partial charge in [0.05, 0.1) is 0 Å². The van der Waals surface area contributed by atoms with Crippen LogP contribution in [-0.2, 0) is 4.79 Å². The molecule has 0 aromatic heterocycles. The first kappa shape index (κ1) is 14.8. The highest BCUT2D eigenvalue weighted by Crippen LogP contribution is 2.21. The van der Waals surface area contributed by atoms with Gasteiger partial charge < -0.3 is 15.8 Å². The second kappa shape index (κ2) is 6.07. The maximum Gasteiger partial charge on any atom is 0.258 e. The molecule has 0 unspecified atom stereocenters. The third kappa shape index (κ3) is 5.38. The number of hydrogen-bond acceptors (Lipinski definition) is 3. The predicted molar refractivity (Wildman–Crippen MR) is 73.0 cm³/mol. The number of amides is 1. The molecular formula is C13H19ClN2O2. The average molecular weight is 271 g/mol. The minimum absolute atomic E-state index is 0.0292. The zero-order chi connectivity index (χ0) is 13.8. The van der Waals surface area contributed by atoms with E-state index in [0.717, 1.165) is 5.56 Å². The Morgan fingerprint density at radius 1 is 1.50 bits per heavy atom. The topological polar surface area (TPSA) is 64.3 Å². The molecule has 1 rings (SSSR count). The Labute approximate surface area is 112 Å². The molecule has 0 aliphatic rings. The van der Waals surface area contributed by atoms with Crippen molar-refractivity contribution in [2.24, 2.45) is 5.73 Å². The smallest absolute Gasteiger partial charge is 0.258 e. The highest BCUT2D eigenvalue weighted by atomic mass is 35.5. The van der Waals surface area contributed by atoms with Gasteiger partial charge >= 0.3 is 0 Å². The number of nitrogens with one attached hydrogen (secondary N) is 1. The fraction of sp³-hybridized carbons (Fsp3) is 0.462. The minimum Gasteiger partial charge on any atom is -0.484 e. The van der Waals surface area contributed by atoms with Crippen LogP contribution in [0, 0.1) is 6.92 Å². The summed E-state index contributed by atoms with van der Waals surface area (Å²) in [5, 5.41) is 3.36. The molecule has 1 amide bonds. The van der Waals surface area contributed by atoms with E-state index in [4.69, 9.17) is 22.1 Å². The number of carbonyl (C=O) groups excluding carboxylic acids is 1. The van der Waals surface area contributed by atoms with Crippen molar-refractivity contribution in [1.29, 1.82) is 0 Å². The van der Waals surface area contributed by atoms with Crippen LogP contribution in [0.4, 0.5) is 0 Å². The van der Waals surface area contributed by atoms with E-state index in [9.17, 15) is 4.79 Å². The van der Waals surface area contributed by atoms with E-state index >= 15 is 0 Å². The molecule has 0 aliphatic carbocycles. The van der Waals surface area contributed by atoms with Gasteiger partial charge in [0.15, 0.2) is 6.61 Å². The van der Waals surface area contributed by atoms with Crippen LogP contribution in [0.5, 0.6) is 5.75 Å². The molecule has 0 atom stereocenters. The first-order chi connectivity index (χ1) is 8.28. The Morgan fingerprint density at radius 2 is 2.17 bits per heavy atom. The van der Waals surface area contributed by atoms with Gasteiger partial charge in [-0.3, -0.25) is 4.79 Å². The lowest BCUT2D eigenvalue weighted by atomic mass is 10.1. The molecule has 0 radical (unpaired) electrons. The van der Waals surface area contributed by atoms with Crippen LogP contribution in [-0.4, -0.2) is 24.6 Å². The van der Waals surface area contributed by atoms with E-state index in [2.05, 4.69) is 5.32 Å². The van der Waals surface area contributed by atoms with Crippen molar-refractivity contribution in [2.75, 3.05) is 13.2 Å². The number of benzene rings is 1. The Balaban J connectivity index is 2.43. The minimum atomic E-state index is -0.425. The van der Waals surface area contributed by atoms with E-state index in [1.54, 1.807) is 18.2 Å². The largest absolute Gasteiger partial charge is 0.484 e. The Hall–Kier alpha value is -1.26. The van der Waals surface area contributed by atoms with Crippen molar-refractivity contribution in [3.05, 3.63) is 28.8 Å². The lowest BCUT2D eigenvalue weighted by Gasteiger charge is -2.19. The molecule has 0 fully saturated rings. The van der Waals surface area contributed by atoms with Crippen molar-refractivity contribution in [3.63, 3.8) is 0 Å². The Morgan fingerprint density at radius 3 is 2.72 bits per heavy atom. The molecule has 4 nitrogen and oxygen atoms in total. The van der Waals surface area contributed by atoms with Gasteiger partial charge in [-0.2, -0.15) is 0 Å². The SMILES string of the molecule is Cc1cc(Cl)ccc1OCC(=O)NCC(C)(C)N. The summed E-state index contributed by atoms with van der Waals surface area (Å²) < 4.78 is 5.41. The summed E-state index contributed by atoms with van der Waals surface area (Å²) in [5.41, 5.74) is 6.23. The third-order valence-corrected chi connectivity index (χ3v) is 2.47. The number of hydrogen-bond donors (Lipinski definition) is 2. The van der Waals surface area contributed by atoms with Gasteiger partial charge in [0.1, 0.15) is 5.75 Å². The Kier molecular flexibility index (Phi) is 4.99. The van der Waals surface area contributed by atoms with Crippen molar-refractivity contribution in [3.8, 4) is 5.75 Å². The van der Waals surface area contributed by atoms with Gasteiger partial charge in [-0.1, -0.05) is 11.6 Å². The number of ether oxygens (including phenoxy) is 1. The fourth-order valence-electron chi connectivity index (χ4n) is 1.30. The lowest BCUT2D eigenvalue weighted by Crippen LogP contribution is -2.46. The molecule has 18 heavy (non-hydrogen) atoms. The van der Waals surface area contributed by atoms with Crippen molar-refractivity contribution >= 4 is 17.5 Å². The van der Waals surface area contributed by atoms with E-state index in [1.807, 2.05) is 20.8 Å². The summed E-state index contributed by atoms with van der Waals surface area (Å²) >= 11 is 5.83. The summed E-state index contributed by atoms with van der Waals surface area (Å²) in [6.45, 7) is 5.95. The van der Waals surface area contributed by atoms with Crippen molar-refractivity contribution in [1.82, 2.24) is 5.32 Å². The molecule has 0 aliphatic heterocycles. The number of carbonyl (C=O) groups is 1. The highest BCUT2D eigenvalue weighted by Gasteiger charge is 2.12. The van der Waals surface area contributed by atoms with Crippen LogP contribution < -0.4 is 15.8 Å². The standard InChI is InChI=1S/C13H19ClN2O2/c1-9-6-10(14)4-5-11(9)18-7-12(17)16-8-13(2,3)15/h4-6H,7-8,15H2,1-3H3,(H,16,17). The molecule has 1 aromatic carbocycles.